The largest absolute Gasteiger partial charge is 0.444 e. The van der Waals surface area contributed by atoms with E-state index in [1.165, 1.54) is 0 Å². The van der Waals surface area contributed by atoms with Crippen molar-refractivity contribution in [2.24, 2.45) is 0 Å². The van der Waals surface area contributed by atoms with Gasteiger partial charge in [-0.05, 0) is 27.2 Å². The van der Waals surface area contributed by atoms with Crippen molar-refractivity contribution >= 4 is 6.09 Å². The zero-order valence-corrected chi connectivity index (χ0v) is 11.4. The number of rotatable bonds is 2. The third-order valence-corrected chi connectivity index (χ3v) is 2.55. The molecule has 19 heavy (non-hydrogen) atoms. The zero-order valence-electron chi connectivity index (χ0n) is 11.4. The summed E-state index contributed by atoms with van der Waals surface area (Å²) in [5, 5.41) is 0. The fourth-order valence-corrected chi connectivity index (χ4v) is 1.76. The minimum atomic E-state index is -3.12. The number of amides is 1. The molecule has 6 heteroatoms. The molecule has 1 rings (SSSR count). The Morgan fingerprint density at radius 2 is 2.16 bits per heavy atom. The molecule has 1 heterocycles. The van der Waals surface area contributed by atoms with Gasteiger partial charge in [0.2, 0.25) is 0 Å². The number of terminal acetylenes is 1. The Balaban J connectivity index is 2.60. The molecule has 4 nitrogen and oxygen atoms in total. The summed E-state index contributed by atoms with van der Waals surface area (Å²) in [6, 6.07) is 0. The maximum Gasteiger partial charge on any atom is 0.410 e. The van der Waals surface area contributed by atoms with Crippen LogP contribution in [-0.2, 0) is 9.47 Å². The first-order chi connectivity index (χ1) is 8.65. The van der Waals surface area contributed by atoms with Gasteiger partial charge in [0.1, 0.15) is 18.3 Å². The highest BCUT2D eigenvalue weighted by Crippen LogP contribution is 2.30. The van der Waals surface area contributed by atoms with Crippen molar-refractivity contribution in [3.63, 3.8) is 0 Å². The summed E-state index contributed by atoms with van der Waals surface area (Å²) in [5.41, 5.74) is -0.705. The van der Waals surface area contributed by atoms with E-state index < -0.39 is 30.3 Å². The second kappa shape index (κ2) is 5.74. The molecule has 0 radical (unpaired) electrons. The molecule has 0 saturated carbocycles. The molecular formula is C13H19F2NO3. The molecule has 1 fully saturated rings. The Kier molecular flexibility index (Phi) is 4.75. The van der Waals surface area contributed by atoms with E-state index in [1.54, 1.807) is 20.8 Å². The van der Waals surface area contributed by atoms with Crippen LogP contribution in [0.5, 0.6) is 0 Å². The van der Waals surface area contributed by atoms with E-state index in [4.69, 9.17) is 15.9 Å². The van der Waals surface area contributed by atoms with E-state index >= 15 is 0 Å². The SMILES string of the molecule is C#CCO[C@H]1CCN(C(=O)OC(C)(C)C)CC1(F)F. The zero-order chi connectivity index (χ0) is 14.7. The first kappa shape index (κ1) is 15.7. The molecule has 1 aliphatic heterocycles. The number of piperidine rings is 1. The van der Waals surface area contributed by atoms with E-state index in [2.05, 4.69) is 5.92 Å². The van der Waals surface area contributed by atoms with Crippen LogP contribution in [0.1, 0.15) is 27.2 Å². The Morgan fingerprint density at radius 3 is 2.63 bits per heavy atom. The number of carbonyl (C=O) groups excluding carboxylic acids is 1. The summed E-state index contributed by atoms with van der Waals surface area (Å²) in [5.74, 6) is -0.962. The average Bonchev–Trinajstić information content (AvgIpc) is 2.24. The van der Waals surface area contributed by atoms with Gasteiger partial charge in [0.05, 0.1) is 6.54 Å². The molecule has 0 aromatic heterocycles. The maximum absolute atomic E-state index is 13.8. The number of nitrogens with zero attached hydrogens (tertiary/aromatic N) is 1. The molecule has 1 atom stereocenters. The van der Waals surface area contributed by atoms with Gasteiger partial charge >= 0.3 is 6.09 Å². The Morgan fingerprint density at radius 1 is 1.53 bits per heavy atom. The van der Waals surface area contributed by atoms with Gasteiger partial charge in [-0.25, -0.2) is 13.6 Å². The van der Waals surface area contributed by atoms with Crippen molar-refractivity contribution in [1.82, 2.24) is 4.90 Å². The van der Waals surface area contributed by atoms with Crippen molar-refractivity contribution in [2.75, 3.05) is 19.7 Å². The standard InChI is InChI=1S/C13H19F2NO3/c1-5-8-18-10-6-7-16(9-13(10,14)15)11(17)19-12(2,3)4/h1,10H,6-9H2,2-4H3/t10-/m0/s1. The second-order valence-corrected chi connectivity index (χ2v) is 5.46. The quantitative estimate of drug-likeness (QED) is 0.726. The number of carbonyl (C=O) groups is 1. The number of hydrogen-bond donors (Lipinski definition) is 0. The predicted molar refractivity (Wildman–Crippen MR) is 65.9 cm³/mol. The highest BCUT2D eigenvalue weighted by molar-refractivity contribution is 5.68. The lowest BCUT2D eigenvalue weighted by molar-refractivity contribution is -0.165. The van der Waals surface area contributed by atoms with Crippen molar-refractivity contribution in [3.05, 3.63) is 0 Å². The summed E-state index contributed by atoms with van der Waals surface area (Å²) >= 11 is 0. The number of hydrogen-bond acceptors (Lipinski definition) is 3. The normalized spacial score (nSPS) is 22.7. The first-order valence-electron chi connectivity index (χ1n) is 6.06. The van der Waals surface area contributed by atoms with Crippen LogP contribution in [0.4, 0.5) is 13.6 Å². The molecule has 108 valence electrons. The smallest absolute Gasteiger partial charge is 0.410 e. The van der Waals surface area contributed by atoms with Gasteiger partial charge in [-0.1, -0.05) is 5.92 Å². The minimum Gasteiger partial charge on any atom is -0.444 e. The summed E-state index contributed by atoms with van der Waals surface area (Å²) in [6.07, 6.45) is 3.03. The van der Waals surface area contributed by atoms with Crippen molar-refractivity contribution in [2.45, 2.75) is 44.8 Å². The molecular weight excluding hydrogens is 256 g/mol. The van der Waals surface area contributed by atoms with Crippen LogP contribution in [0.25, 0.3) is 0 Å². The number of ether oxygens (including phenoxy) is 2. The molecule has 1 saturated heterocycles. The van der Waals surface area contributed by atoms with E-state index in [0.29, 0.717) is 0 Å². The van der Waals surface area contributed by atoms with Gasteiger partial charge in [-0.15, -0.1) is 6.42 Å². The number of halogens is 2. The maximum atomic E-state index is 13.8. The Hall–Kier alpha value is -1.35. The van der Waals surface area contributed by atoms with Gasteiger partial charge in [0.25, 0.3) is 5.92 Å². The summed E-state index contributed by atoms with van der Waals surface area (Å²) < 4.78 is 37.6. The van der Waals surface area contributed by atoms with Crippen LogP contribution in [0.2, 0.25) is 0 Å². The van der Waals surface area contributed by atoms with Crippen molar-refractivity contribution < 1.29 is 23.0 Å². The van der Waals surface area contributed by atoms with Gasteiger partial charge in [-0.2, -0.15) is 0 Å². The molecule has 0 aromatic carbocycles. The molecule has 0 spiro atoms. The third kappa shape index (κ3) is 4.67. The fraction of sp³-hybridized carbons (Fsp3) is 0.769. The molecule has 0 aromatic rings. The third-order valence-electron chi connectivity index (χ3n) is 2.55. The van der Waals surface area contributed by atoms with E-state index in [1.807, 2.05) is 0 Å². The predicted octanol–water partition coefficient (Wildman–Crippen LogP) is 2.28. The van der Waals surface area contributed by atoms with Gasteiger partial charge in [0.15, 0.2) is 0 Å². The first-order valence-corrected chi connectivity index (χ1v) is 6.06. The summed E-state index contributed by atoms with van der Waals surface area (Å²) in [6.45, 7) is 4.35. The topological polar surface area (TPSA) is 38.8 Å². The van der Waals surface area contributed by atoms with Crippen LogP contribution in [-0.4, -0.2) is 48.3 Å². The monoisotopic (exact) mass is 275 g/mol. The van der Waals surface area contributed by atoms with Crippen LogP contribution in [0, 0.1) is 12.3 Å². The molecule has 1 aliphatic rings. The lowest BCUT2D eigenvalue weighted by Gasteiger charge is -2.38. The van der Waals surface area contributed by atoms with Crippen LogP contribution in [0.3, 0.4) is 0 Å². The summed E-state index contributed by atoms with van der Waals surface area (Å²) in [7, 11) is 0. The highest BCUT2D eigenvalue weighted by atomic mass is 19.3. The van der Waals surface area contributed by atoms with E-state index in [-0.39, 0.29) is 19.6 Å². The van der Waals surface area contributed by atoms with Crippen molar-refractivity contribution in [1.29, 1.82) is 0 Å². The van der Waals surface area contributed by atoms with Gasteiger partial charge < -0.3 is 14.4 Å². The average molecular weight is 275 g/mol. The van der Waals surface area contributed by atoms with E-state index in [9.17, 15) is 13.6 Å². The minimum absolute atomic E-state index is 0.0356. The van der Waals surface area contributed by atoms with Gasteiger partial charge in [0, 0.05) is 6.54 Å². The fourth-order valence-electron chi connectivity index (χ4n) is 1.76. The lowest BCUT2D eigenvalue weighted by atomic mass is 10.0. The molecule has 0 unspecified atom stereocenters. The van der Waals surface area contributed by atoms with Crippen LogP contribution in [0.15, 0.2) is 0 Å². The van der Waals surface area contributed by atoms with Gasteiger partial charge in [-0.3, -0.25) is 0 Å². The van der Waals surface area contributed by atoms with Crippen LogP contribution < -0.4 is 0 Å². The Labute approximate surface area is 112 Å². The van der Waals surface area contributed by atoms with Crippen LogP contribution >= 0.6 is 0 Å². The summed E-state index contributed by atoms with van der Waals surface area (Å²) in [4.78, 5) is 12.7. The lowest BCUT2D eigenvalue weighted by Crippen LogP contribution is -2.55. The molecule has 0 N–H and O–H groups in total. The highest BCUT2D eigenvalue weighted by Gasteiger charge is 2.47. The number of likely N-dealkylation sites (tertiary alicyclic amines) is 1. The second-order valence-electron chi connectivity index (χ2n) is 5.46. The molecule has 0 bridgehead atoms. The molecule has 1 amide bonds. The molecule has 0 aliphatic carbocycles. The van der Waals surface area contributed by atoms with E-state index in [0.717, 1.165) is 4.90 Å². The van der Waals surface area contributed by atoms with Crippen molar-refractivity contribution in [3.8, 4) is 12.3 Å². The number of alkyl halides is 2. The Bertz CT molecular complexity index is 371.